The molecule has 0 bridgehead atoms. The van der Waals surface area contributed by atoms with Gasteiger partial charge in [-0.05, 0) is 122 Å². The molecule has 1 aliphatic carbocycles. The van der Waals surface area contributed by atoms with Gasteiger partial charge in [-0.25, -0.2) is 0 Å². The van der Waals surface area contributed by atoms with Crippen LogP contribution in [-0.2, 0) is 5.41 Å². The Bertz CT molecular complexity index is 3070. The minimum Gasteiger partial charge on any atom is -0.0622 e. The van der Waals surface area contributed by atoms with Crippen LogP contribution >= 0.6 is 0 Å². The zero-order valence-electron chi connectivity index (χ0n) is 29.8. The highest BCUT2D eigenvalue weighted by atomic mass is 14.4. The van der Waals surface area contributed by atoms with Crippen LogP contribution in [0, 0.1) is 0 Å². The first-order valence-corrected chi connectivity index (χ1v) is 18.7. The molecule has 11 rings (SSSR count). The Morgan fingerprint density at radius 2 is 0.679 bits per heavy atom. The van der Waals surface area contributed by atoms with E-state index in [1.165, 1.54) is 109 Å². The summed E-state index contributed by atoms with van der Waals surface area (Å²) in [5.41, 5.74) is 13.0. The maximum absolute atomic E-state index is 2.52. The van der Waals surface area contributed by atoms with Crippen LogP contribution in [0.15, 0.2) is 182 Å². The minimum atomic E-state index is -0.190. The van der Waals surface area contributed by atoms with Gasteiger partial charge in [0.15, 0.2) is 0 Å². The Kier molecular flexibility index (Phi) is 6.40. The van der Waals surface area contributed by atoms with Gasteiger partial charge in [0.05, 0.1) is 0 Å². The molecule has 0 aromatic heterocycles. The third-order valence-corrected chi connectivity index (χ3v) is 12.0. The molecule has 0 saturated heterocycles. The fourth-order valence-electron chi connectivity index (χ4n) is 9.76. The van der Waals surface area contributed by atoms with Gasteiger partial charge < -0.3 is 0 Å². The molecule has 0 heterocycles. The monoisotopic (exact) mass is 672 g/mol. The summed E-state index contributed by atoms with van der Waals surface area (Å²) < 4.78 is 0. The Labute approximate surface area is 309 Å². The summed E-state index contributed by atoms with van der Waals surface area (Å²) in [6, 6.07) is 67.6. The molecule has 0 amide bonds. The van der Waals surface area contributed by atoms with Crippen molar-refractivity contribution in [2.45, 2.75) is 19.3 Å². The lowest BCUT2D eigenvalue weighted by molar-refractivity contribution is 0.667. The number of hydrogen-bond donors (Lipinski definition) is 0. The van der Waals surface area contributed by atoms with Crippen LogP contribution in [0.4, 0.5) is 0 Å². The highest BCUT2D eigenvalue weighted by molar-refractivity contribution is 6.23. The van der Waals surface area contributed by atoms with E-state index < -0.39 is 0 Å². The van der Waals surface area contributed by atoms with Gasteiger partial charge in [0, 0.05) is 5.41 Å². The van der Waals surface area contributed by atoms with Crippen molar-refractivity contribution in [1.29, 1.82) is 0 Å². The number of benzene rings is 10. The van der Waals surface area contributed by atoms with E-state index in [0.29, 0.717) is 0 Å². The van der Waals surface area contributed by atoms with Crippen LogP contribution < -0.4 is 0 Å². The second-order valence-electron chi connectivity index (χ2n) is 15.1. The first-order chi connectivity index (χ1) is 26.1. The van der Waals surface area contributed by atoms with Crippen molar-refractivity contribution in [1.82, 2.24) is 0 Å². The molecule has 0 radical (unpaired) electrons. The maximum atomic E-state index is 2.52. The number of hydrogen-bond acceptors (Lipinski definition) is 0. The molecule has 10 aromatic carbocycles. The van der Waals surface area contributed by atoms with E-state index in [-0.39, 0.29) is 5.41 Å². The molecule has 0 heteroatoms. The molecule has 0 spiro atoms. The summed E-state index contributed by atoms with van der Waals surface area (Å²) in [5.74, 6) is 0. The van der Waals surface area contributed by atoms with Gasteiger partial charge in [0.2, 0.25) is 0 Å². The summed E-state index contributed by atoms with van der Waals surface area (Å²) in [6.07, 6.45) is 0. The third-order valence-electron chi connectivity index (χ3n) is 12.0. The normalized spacial score (nSPS) is 13.2. The van der Waals surface area contributed by atoms with Crippen LogP contribution in [0.5, 0.6) is 0 Å². The summed E-state index contributed by atoms with van der Waals surface area (Å²) >= 11 is 0. The zero-order valence-corrected chi connectivity index (χ0v) is 29.8. The van der Waals surface area contributed by atoms with Gasteiger partial charge in [0.1, 0.15) is 0 Å². The molecule has 10 aromatic rings. The van der Waals surface area contributed by atoms with Gasteiger partial charge >= 0.3 is 0 Å². The van der Waals surface area contributed by atoms with E-state index in [1.807, 2.05) is 0 Å². The van der Waals surface area contributed by atoms with Crippen LogP contribution in [0.3, 0.4) is 0 Å². The SMILES string of the molecule is CC1(C)c2cc(-c3cccc(-c4c5ccccc5c(-c5ccccc5)c5ccccc45)c3)c3ccccc3c2-c2c1c1ccccc1c1ccccc21. The predicted octanol–water partition coefficient (Wildman–Crippen LogP) is 14.8. The van der Waals surface area contributed by atoms with Crippen LogP contribution in [0.25, 0.3) is 98.4 Å². The quantitative estimate of drug-likeness (QED) is 0.129. The molecular formula is C53H36. The van der Waals surface area contributed by atoms with Crippen LogP contribution in [0.1, 0.15) is 25.0 Å². The fourth-order valence-corrected chi connectivity index (χ4v) is 9.76. The van der Waals surface area contributed by atoms with Gasteiger partial charge in [-0.3, -0.25) is 0 Å². The summed E-state index contributed by atoms with van der Waals surface area (Å²) in [4.78, 5) is 0. The molecule has 53 heavy (non-hydrogen) atoms. The lowest BCUT2D eigenvalue weighted by Crippen LogP contribution is -2.16. The average Bonchev–Trinajstić information content (AvgIpc) is 3.46. The summed E-state index contributed by atoms with van der Waals surface area (Å²) in [5, 5.41) is 13.1. The average molecular weight is 673 g/mol. The molecule has 0 fully saturated rings. The highest BCUT2D eigenvalue weighted by Crippen LogP contribution is 2.58. The smallest absolute Gasteiger partial charge is 0.0165 e. The second kappa shape index (κ2) is 11.2. The van der Waals surface area contributed by atoms with Crippen molar-refractivity contribution in [2.24, 2.45) is 0 Å². The predicted molar refractivity (Wildman–Crippen MR) is 228 cm³/mol. The Morgan fingerprint density at radius 3 is 1.26 bits per heavy atom. The Morgan fingerprint density at radius 1 is 0.283 bits per heavy atom. The molecule has 0 aliphatic heterocycles. The van der Waals surface area contributed by atoms with Gasteiger partial charge in [0.25, 0.3) is 0 Å². The molecule has 248 valence electrons. The first-order valence-electron chi connectivity index (χ1n) is 18.7. The van der Waals surface area contributed by atoms with Gasteiger partial charge in [-0.1, -0.05) is 184 Å². The van der Waals surface area contributed by atoms with Crippen LogP contribution in [0.2, 0.25) is 0 Å². The largest absolute Gasteiger partial charge is 0.0622 e. The van der Waals surface area contributed by atoms with Crippen molar-refractivity contribution in [2.75, 3.05) is 0 Å². The van der Waals surface area contributed by atoms with Crippen molar-refractivity contribution in [3.63, 3.8) is 0 Å². The second-order valence-corrected chi connectivity index (χ2v) is 15.1. The molecule has 0 saturated carbocycles. The summed E-state index contributed by atoms with van der Waals surface area (Å²) in [7, 11) is 0. The van der Waals surface area contributed by atoms with E-state index in [1.54, 1.807) is 0 Å². The standard InChI is InChI=1S/C53H36/c1-53(2)47-32-46(38-23-7-9-24-39(38)50(47)51-40-25-10-6-21-36(40)37-22-8-15-30-45(37)52(51)53)34-19-16-20-35(31-34)49-43-28-13-11-26-41(43)48(33-17-4-3-5-18-33)42-27-12-14-29-44(42)49/h3-32H,1-2H3. The van der Waals surface area contributed by atoms with Crippen molar-refractivity contribution in [3.05, 3.63) is 193 Å². The lowest BCUT2D eigenvalue weighted by atomic mass is 9.78. The van der Waals surface area contributed by atoms with Gasteiger partial charge in [-0.15, -0.1) is 0 Å². The van der Waals surface area contributed by atoms with E-state index in [2.05, 4.69) is 196 Å². The minimum absolute atomic E-state index is 0.190. The van der Waals surface area contributed by atoms with E-state index in [0.717, 1.165) is 0 Å². The molecule has 0 atom stereocenters. The van der Waals surface area contributed by atoms with E-state index in [4.69, 9.17) is 0 Å². The van der Waals surface area contributed by atoms with Gasteiger partial charge in [-0.2, -0.15) is 0 Å². The third kappa shape index (κ3) is 4.24. The van der Waals surface area contributed by atoms with Crippen molar-refractivity contribution >= 4 is 53.9 Å². The van der Waals surface area contributed by atoms with E-state index in [9.17, 15) is 0 Å². The van der Waals surface area contributed by atoms with E-state index >= 15 is 0 Å². The molecule has 1 aliphatic rings. The Balaban J connectivity index is 1.19. The number of rotatable bonds is 3. The Hall–Kier alpha value is -6.50. The van der Waals surface area contributed by atoms with Crippen molar-refractivity contribution < 1.29 is 0 Å². The molecule has 0 nitrogen and oxygen atoms in total. The topological polar surface area (TPSA) is 0 Å². The maximum Gasteiger partial charge on any atom is 0.0165 e. The molecule has 0 unspecified atom stereocenters. The zero-order chi connectivity index (χ0) is 35.3. The van der Waals surface area contributed by atoms with Crippen molar-refractivity contribution in [3.8, 4) is 44.5 Å². The molecular weight excluding hydrogens is 637 g/mol. The first kappa shape index (κ1) is 30.2. The highest BCUT2D eigenvalue weighted by Gasteiger charge is 2.40. The van der Waals surface area contributed by atoms with Crippen LogP contribution in [-0.4, -0.2) is 0 Å². The lowest BCUT2D eigenvalue weighted by Gasteiger charge is -2.25. The fraction of sp³-hybridized carbons (Fsp3) is 0.0566. The number of fused-ring (bicyclic) bond motifs is 12. The molecule has 0 N–H and O–H groups in total. The summed E-state index contributed by atoms with van der Waals surface area (Å²) in [6.45, 7) is 4.86.